The molecule has 0 aliphatic heterocycles. The molecule has 9 nitrogen and oxygen atoms in total. The van der Waals surface area contributed by atoms with Gasteiger partial charge in [-0.3, -0.25) is 9.59 Å². The molecule has 0 saturated carbocycles. The molecule has 0 spiro atoms. The zero-order valence-corrected chi connectivity index (χ0v) is 22.6. The standard InChI is InChI=1S/C27H32N4O5S/c1-7-20(37(34,35)8-2)10-9-17(3)13-23(32)31-22-14-18(4)24-21(30-22)11-12-27(5,25(24)33)19-15-28-26(36-6)29-16-19/h7,9-10,14-16H,3,8,11-13H2,1-2,4-6H3,(H,30,31,32)/b10-9-,20-7+. The van der Waals surface area contributed by atoms with E-state index in [0.29, 0.717) is 46.6 Å². The number of carbonyl (C=O) groups is 2. The van der Waals surface area contributed by atoms with Crippen molar-refractivity contribution in [2.45, 2.75) is 52.4 Å². The highest BCUT2D eigenvalue weighted by Crippen LogP contribution is 2.39. The molecule has 1 N–H and O–H groups in total. The molecular formula is C27H32N4O5S. The molecule has 0 radical (unpaired) electrons. The first-order valence-electron chi connectivity index (χ1n) is 11.9. The molecule has 0 saturated heterocycles. The Bertz CT molecular complexity index is 1390. The minimum absolute atomic E-state index is 0.0111. The van der Waals surface area contributed by atoms with Gasteiger partial charge in [0.2, 0.25) is 5.91 Å². The number of ketones is 1. The Morgan fingerprint density at radius 3 is 2.54 bits per heavy atom. The number of aryl methyl sites for hydroxylation is 2. The molecule has 0 aromatic carbocycles. The van der Waals surface area contributed by atoms with E-state index in [2.05, 4.69) is 26.8 Å². The first-order chi connectivity index (χ1) is 17.4. The number of hydrogen-bond acceptors (Lipinski definition) is 8. The molecule has 2 heterocycles. The number of methoxy groups -OCH3 is 1. The molecule has 1 atom stereocenters. The lowest BCUT2D eigenvalue weighted by molar-refractivity contribution is -0.115. The number of ether oxygens (including phenoxy) is 1. The summed E-state index contributed by atoms with van der Waals surface area (Å²) in [6.45, 7) is 10.8. The van der Waals surface area contributed by atoms with Gasteiger partial charge < -0.3 is 10.1 Å². The number of allylic oxidation sites excluding steroid dienone is 3. The summed E-state index contributed by atoms with van der Waals surface area (Å²) in [5, 5.41) is 2.76. The Hall–Kier alpha value is -3.66. The number of anilines is 1. The number of aromatic nitrogens is 3. The van der Waals surface area contributed by atoms with Gasteiger partial charge >= 0.3 is 6.01 Å². The summed E-state index contributed by atoms with van der Waals surface area (Å²) in [4.78, 5) is 39.2. The normalized spacial score (nSPS) is 18.0. The summed E-state index contributed by atoms with van der Waals surface area (Å²) in [5.74, 6) is -0.0667. The zero-order valence-electron chi connectivity index (χ0n) is 21.8. The minimum atomic E-state index is -3.35. The Morgan fingerprint density at radius 1 is 1.27 bits per heavy atom. The van der Waals surface area contributed by atoms with Crippen LogP contribution in [0, 0.1) is 6.92 Å². The molecule has 1 amide bonds. The van der Waals surface area contributed by atoms with E-state index in [-0.39, 0.29) is 34.8 Å². The van der Waals surface area contributed by atoms with E-state index in [4.69, 9.17) is 4.74 Å². The second-order valence-corrected chi connectivity index (χ2v) is 11.4. The van der Waals surface area contributed by atoms with Crippen LogP contribution in [0.3, 0.4) is 0 Å². The maximum absolute atomic E-state index is 13.6. The van der Waals surface area contributed by atoms with E-state index in [1.165, 1.54) is 25.3 Å². The Labute approximate surface area is 217 Å². The molecular weight excluding hydrogens is 492 g/mol. The molecule has 2 aromatic rings. The Morgan fingerprint density at radius 2 is 1.95 bits per heavy atom. The topological polar surface area (TPSA) is 128 Å². The third kappa shape index (κ3) is 6.02. The highest BCUT2D eigenvalue weighted by molar-refractivity contribution is 7.95. The molecule has 1 aliphatic rings. The van der Waals surface area contributed by atoms with Gasteiger partial charge in [-0.05, 0) is 56.9 Å². The fourth-order valence-electron chi connectivity index (χ4n) is 4.23. The summed E-state index contributed by atoms with van der Waals surface area (Å²) < 4.78 is 29.1. The number of nitrogens with one attached hydrogen (secondary N) is 1. The van der Waals surface area contributed by atoms with E-state index in [0.717, 1.165) is 0 Å². The number of sulfone groups is 1. The van der Waals surface area contributed by atoms with Crippen molar-refractivity contribution in [3.8, 4) is 6.01 Å². The van der Waals surface area contributed by atoms with Gasteiger partial charge in [0.05, 0.1) is 35.3 Å². The summed E-state index contributed by atoms with van der Waals surface area (Å²) in [6, 6.07) is 1.91. The first-order valence-corrected chi connectivity index (χ1v) is 13.6. The molecule has 196 valence electrons. The average molecular weight is 525 g/mol. The Balaban J connectivity index is 1.74. The number of pyridine rings is 1. The molecule has 1 unspecified atom stereocenters. The van der Waals surface area contributed by atoms with E-state index in [1.807, 2.05) is 13.8 Å². The maximum Gasteiger partial charge on any atom is 0.316 e. The molecule has 0 fully saturated rings. The fourth-order valence-corrected chi connectivity index (χ4v) is 5.20. The number of hydrogen-bond donors (Lipinski definition) is 1. The predicted octanol–water partition coefficient (Wildman–Crippen LogP) is 4.05. The fraction of sp³-hybridized carbons (Fsp3) is 0.370. The number of amides is 1. The molecule has 0 bridgehead atoms. The second-order valence-electron chi connectivity index (χ2n) is 9.08. The SMILES string of the molecule is C=C(/C=C\C(=C/C)S(=O)(=O)CC)CC(=O)Nc1cc(C)c2c(n1)CCC(C)(c1cnc(OC)nc1)C2=O. The quantitative estimate of drug-likeness (QED) is 0.487. The van der Waals surface area contributed by atoms with Crippen molar-refractivity contribution in [3.05, 3.63) is 76.1 Å². The largest absolute Gasteiger partial charge is 0.467 e. The molecule has 2 aromatic heterocycles. The van der Waals surface area contributed by atoms with Crippen LogP contribution < -0.4 is 10.1 Å². The highest BCUT2D eigenvalue weighted by Gasteiger charge is 2.42. The number of fused-ring (bicyclic) bond motifs is 1. The van der Waals surface area contributed by atoms with Gasteiger partial charge in [-0.15, -0.1) is 0 Å². The van der Waals surface area contributed by atoms with Crippen molar-refractivity contribution in [1.82, 2.24) is 15.0 Å². The lowest BCUT2D eigenvalue weighted by Gasteiger charge is -2.33. The summed E-state index contributed by atoms with van der Waals surface area (Å²) >= 11 is 0. The monoisotopic (exact) mass is 524 g/mol. The summed E-state index contributed by atoms with van der Waals surface area (Å²) in [5.41, 5.74) is 2.26. The van der Waals surface area contributed by atoms with Crippen molar-refractivity contribution in [3.63, 3.8) is 0 Å². The third-order valence-corrected chi connectivity index (χ3v) is 8.34. The number of rotatable bonds is 9. The van der Waals surface area contributed by atoms with Gasteiger partial charge in [-0.25, -0.2) is 23.4 Å². The predicted molar refractivity (Wildman–Crippen MR) is 142 cm³/mol. The maximum atomic E-state index is 13.6. The van der Waals surface area contributed by atoms with Crippen LogP contribution >= 0.6 is 0 Å². The van der Waals surface area contributed by atoms with Crippen molar-refractivity contribution in [1.29, 1.82) is 0 Å². The van der Waals surface area contributed by atoms with Gasteiger partial charge in [-0.1, -0.05) is 25.7 Å². The lowest BCUT2D eigenvalue weighted by atomic mass is 9.69. The van der Waals surface area contributed by atoms with Crippen LogP contribution in [-0.2, 0) is 26.5 Å². The van der Waals surface area contributed by atoms with Gasteiger partial charge in [0, 0.05) is 23.5 Å². The minimum Gasteiger partial charge on any atom is -0.467 e. The Kier molecular flexibility index (Phi) is 8.42. The van der Waals surface area contributed by atoms with E-state index in [9.17, 15) is 18.0 Å². The second kappa shape index (κ2) is 11.2. The van der Waals surface area contributed by atoms with Crippen LogP contribution in [0.15, 0.2) is 53.7 Å². The van der Waals surface area contributed by atoms with E-state index in [1.54, 1.807) is 32.3 Å². The van der Waals surface area contributed by atoms with Crippen molar-refractivity contribution >= 4 is 27.3 Å². The van der Waals surface area contributed by atoms with Crippen LogP contribution in [0.5, 0.6) is 6.01 Å². The molecule has 3 rings (SSSR count). The van der Waals surface area contributed by atoms with Crippen molar-refractivity contribution in [2.24, 2.45) is 0 Å². The number of nitrogens with zero attached hydrogens (tertiary/aromatic N) is 3. The van der Waals surface area contributed by atoms with Crippen molar-refractivity contribution < 1.29 is 22.7 Å². The molecule has 10 heteroatoms. The first kappa shape index (κ1) is 27.9. The van der Waals surface area contributed by atoms with Crippen LogP contribution in [-0.4, -0.2) is 47.9 Å². The van der Waals surface area contributed by atoms with Gasteiger partial charge in [0.1, 0.15) is 5.82 Å². The summed E-state index contributed by atoms with van der Waals surface area (Å²) in [6.07, 6.45) is 8.74. The van der Waals surface area contributed by atoms with Gasteiger partial charge in [0.15, 0.2) is 15.6 Å². The van der Waals surface area contributed by atoms with Gasteiger partial charge in [-0.2, -0.15) is 0 Å². The van der Waals surface area contributed by atoms with Crippen molar-refractivity contribution in [2.75, 3.05) is 18.2 Å². The molecule has 1 aliphatic carbocycles. The average Bonchev–Trinajstić information content (AvgIpc) is 2.86. The molecule has 37 heavy (non-hydrogen) atoms. The van der Waals surface area contributed by atoms with E-state index < -0.39 is 15.3 Å². The van der Waals surface area contributed by atoms with Crippen LogP contribution in [0.25, 0.3) is 0 Å². The smallest absolute Gasteiger partial charge is 0.316 e. The van der Waals surface area contributed by atoms with E-state index >= 15 is 0 Å². The highest BCUT2D eigenvalue weighted by atomic mass is 32.2. The van der Waals surface area contributed by atoms with Crippen LogP contribution in [0.4, 0.5) is 5.82 Å². The third-order valence-electron chi connectivity index (χ3n) is 6.49. The van der Waals surface area contributed by atoms with Crippen LogP contribution in [0.2, 0.25) is 0 Å². The van der Waals surface area contributed by atoms with Crippen LogP contribution in [0.1, 0.15) is 60.8 Å². The zero-order chi connectivity index (χ0) is 27.4. The number of Topliss-reactive ketones (excluding diaryl/α,β-unsaturated/α-hetero) is 1. The number of carbonyl (C=O) groups excluding carboxylic acids is 2. The van der Waals surface area contributed by atoms with Gasteiger partial charge in [0.25, 0.3) is 0 Å². The summed E-state index contributed by atoms with van der Waals surface area (Å²) in [7, 11) is -1.87. The lowest BCUT2D eigenvalue weighted by Crippen LogP contribution is -2.38.